The lowest BCUT2D eigenvalue weighted by Crippen LogP contribution is -2.23. The van der Waals surface area contributed by atoms with Crippen LogP contribution in [-0.4, -0.2) is 50.9 Å². The fraction of sp³-hybridized carbons (Fsp3) is 0.250. The molecule has 0 aliphatic carbocycles. The van der Waals surface area contributed by atoms with E-state index in [1.165, 1.54) is 11.8 Å². The zero-order valence-electron chi connectivity index (χ0n) is 20.2. The van der Waals surface area contributed by atoms with Gasteiger partial charge >= 0.3 is 12.2 Å². The highest BCUT2D eigenvalue weighted by Gasteiger charge is 2.32. The topological polar surface area (TPSA) is 108 Å². The number of nitrogens with one attached hydrogen (secondary N) is 2. The summed E-state index contributed by atoms with van der Waals surface area (Å²) in [6.07, 6.45) is -0.592. The number of aryl methyl sites for hydroxylation is 1. The molecular weight excluding hydrogens is 491 g/mol. The smallest absolute Gasteiger partial charge is 0.417 e. The van der Waals surface area contributed by atoms with Gasteiger partial charge in [0.2, 0.25) is 5.88 Å². The normalized spacial score (nSPS) is 11.4. The van der Waals surface area contributed by atoms with Gasteiger partial charge < -0.3 is 14.8 Å². The van der Waals surface area contributed by atoms with Gasteiger partial charge in [-0.25, -0.2) is 14.5 Å². The summed E-state index contributed by atoms with van der Waals surface area (Å²) in [5.74, 6) is 0.147. The summed E-state index contributed by atoms with van der Waals surface area (Å²) in [7, 11) is 3.23. The molecule has 0 aliphatic rings. The Balaban J connectivity index is 1.67. The second-order valence-electron chi connectivity index (χ2n) is 7.97. The minimum atomic E-state index is -4.66. The lowest BCUT2D eigenvalue weighted by molar-refractivity contribution is -0.137. The second-order valence-corrected chi connectivity index (χ2v) is 7.97. The van der Waals surface area contributed by atoms with Crippen molar-refractivity contribution in [3.8, 4) is 22.8 Å². The van der Waals surface area contributed by atoms with Crippen LogP contribution in [0.1, 0.15) is 11.1 Å². The number of methoxy groups -OCH3 is 1. The number of nitrogens with zero attached hydrogens (tertiary/aromatic N) is 5. The average Bonchev–Trinajstić information content (AvgIpc) is 3.43. The average molecular weight is 515 g/mol. The first-order valence-electron chi connectivity index (χ1n) is 11.1. The molecule has 0 unspecified atom stereocenters. The van der Waals surface area contributed by atoms with E-state index in [2.05, 4.69) is 25.8 Å². The first kappa shape index (κ1) is 25.7. The Hall–Kier alpha value is -4.39. The van der Waals surface area contributed by atoms with Crippen LogP contribution < -0.4 is 15.4 Å². The zero-order valence-corrected chi connectivity index (χ0v) is 20.2. The largest absolute Gasteiger partial charge is 0.474 e. The fourth-order valence-electron chi connectivity index (χ4n) is 3.51. The van der Waals surface area contributed by atoms with Gasteiger partial charge in [0.05, 0.1) is 24.1 Å². The minimum absolute atomic E-state index is 0.0273. The van der Waals surface area contributed by atoms with Crippen molar-refractivity contribution in [2.24, 2.45) is 7.05 Å². The first-order chi connectivity index (χ1) is 17.7. The molecule has 2 amide bonds. The number of rotatable bonds is 8. The molecule has 37 heavy (non-hydrogen) atoms. The zero-order chi connectivity index (χ0) is 26.6. The number of para-hydroxylation sites is 1. The van der Waals surface area contributed by atoms with Crippen LogP contribution in [0.5, 0.6) is 5.88 Å². The monoisotopic (exact) mass is 515 g/mol. The highest BCUT2D eigenvalue weighted by Crippen LogP contribution is 2.34. The molecule has 0 fully saturated rings. The molecule has 3 heterocycles. The second kappa shape index (κ2) is 10.7. The predicted molar refractivity (Wildman–Crippen MR) is 130 cm³/mol. The molecule has 0 saturated heterocycles. The molecule has 4 rings (SSSR count). The van der Waals surface area contributed by atoms with Crippen molar-refractivity contribution >= 4 is 17.5 Å². The fourth-order valence-corrected chi connectivity index (χ4v) is 3.51. The Morgan fingerprint density at radius 2 is 1.86 bits per heavy atom. The molecule has 2 N–H and O–H groups in total. The Kier molecular flexibility index (Phi) is 7.43. The van der Waals surface area contributed by atoms with Crippen LogP contribution in [0.3, 0.4) is 0 Å². The Morgan fingerprint density at radius 3 is 2.51 bits per heavy atom. The Morgan fingerprint density at radius 1 is 1.11 bits per heavy atom. The van der Waals surface area contributed by atoms with E-state index in [1.54, 1.807) is 43.2 Å². The molecule has 0 atom stereocenters. The molecule has 0 aliphatic heterocycles. The van der Waals surface area contributed by atoms with Crippen LogP contribution in [0, 0.1) is 6.92 Å². The maximum absolute atomic E-state index is 13.3. The van der Waals surface area contributed by atoms with Gasteiger partial charge in [-0.1, -0.05) is 18.2 Å². The number of pyridine rings is 1. The summed E-state index contributed by atoms with van der Waals surface area (Å²) in [5, 5.41) is 14.0. The van der Waals surface area contributed by atoms with Gasteiger partial charge in [-0.15, -0.1) is 0 Å². The third-order valence-electron chi connectivity index (χ3n) is 5.29. The molecule has 13 heteroatoms. The SMILES string of the molecule is COCCOc1ncc(C(F)(F)F)cc1NC(=O)Nc1c(C)c(-c2cnn(C)c2)nn1-c1ccccc1. The van der Waals surface area contributed by atoms with Gasteiger partial charge in [-0.2, -0.15) is 23.4 Å². The molecule has 194 valence electrons. The molecule has 0 bridgehead atoms. The Bertz CT molecular complexity index is 1380. The number of anilines is 2. The number of aromatic nitrogens is 5. The van der Waals surface area contributed by atoms with Crippen LogP contribution >= 0.6 is 0 Å². The number of carbonyl (C=O) groups is 1. The van der Waals surface area contributed by atoms with Crippen molar-refractivity contribution in [1.82, 2.24) is 24.5 Å². The van der Waals surface area contributed by atoms with Gasteiger partial charge in [-0.3, -0.25) is 10.00 Å². The first-order valence-corrected chi connectivity index (χ1v) is 11.1. The number of amides is 2. The van der Waals surface area contributed by atoms with E-state index in [1.807, 2.05) is 18.2 Å². The predicted octanol–water partition coefficient (Wildman–Crippen LogP) is 4.66. The van der Waals surface area contributed by atoms with E-state index >= 15 is 0 Å². The van der Waals surface area contributed by atoms with Crippen LogP contribution in [0.2, 0.25) is 0 Å². The van der Waals surface area contributed by atoms with Crippen molar-refractivity contribution in [3.05, 3.63) is 66.1 Å². The van der Waals surface area contributed by atoms with Crippen LogP contribution in [-0.2, 0) is 18.0 Å². The van der Waals surface area contributed by atoms with E-state index in [-0.39, 0.29) is 24.8 Å². The molecule has 0 radical (unpaired) electrons. The summed E-state index contributed by atoms with van der Waals surface area (Å²) in [4.78, 5) is 16.8. The summed E-state index contributed by atoms with van der Waals surface area (Å²) < 4.78 is 53.4. The maximum Gasteiger partial charge on any atom is 0.417 e. The van der Waals surface area contributed by atoms with E-state index < -0.39 is 17.8 Å². The summed E-state index contributed by atoms with van der Waals surface area (Å²) in [5.41, 5.74) is 1.32. The van der Waals surface area contributed by atoms with Gasteiger partial charge in [0.15, 0.2) is 0 Å². The molecule has 0 saturated carbocycles. The summed E-state index contributed by atoms with van der Waals surface area (Å²) in [6, 6.07) is 9.04. The number of halogens is 3. The molecular formula is C24H24F3N7O3. The Labute approximate surface area is 210 Å². The standard InChI is InChI=1S/C24H24F3N7O3/c1-15-20(16-12-29-33(2)14-16)32-34(18-7-5-4-6-8-18)21(15)31-23(35)30-19-11-17(24(25,26)27)13-28-22(19)37-10-9-36-3/h4-8,11-14H,9-10H2,1-3H3,(H2,30,31,35). The number of carbonyl (C=O) groups excluding carboxylic acids is 1. The van der Waals surface area contributed by atoms with E-state index in [0.29, 0.717) is 29.0 Å². The number of urea groups is 1. The lowest BCUT2D eigenvalue weighted by Gasteiger charge is -2.15. The van der Waals surface area contributed by atoms with E-state index in [0.717, 1.165) is 11.6 Å². The van der Waals surface area contributed by atoms with Crippen molar-refractivity contribution < 1.29 is 27.4 Å². The van der Waals surface area contributed by atoms with Gasteiger partial charge in [0.1, 0.15) is 23.8 Å². The van der Waals surface area contributed by atoms with Gasteiger partial charge in [0, 0.05) is 37.7 Å². The van der Waals surface area contributed by atoms with Gasteiger partial charge in [-0.05, 0) is 25.1 Å². The number of hydrogen-bond donors (Lipinski definition) is 2. The molecule has 10 nitrogen and oxygen atoms in total. The molecule has 0 spiro atoms. The van der Waals surface area contributed by atoms with E-state index in [4.69, 9.17) is 9.47 Å². The number of alkyl halides is 3. The quantitative estimate of drug-likeness (QED) is 0.331. The van der Waals surface area contributed by atoms with Crippen molar-refractivity contribution in [1.29, 1.82) is 0 Å². The van der Waals surface area contributed by atoms with Crippen LogP contribution in [0.4, 0.5) is 29.5 Å². The van der Waals surface area contributed by atoms with Crippen molar-refractivity contribution in [2.45, 2.75) is 13.1 Å². The van der Waals surface area contributed by atoms with Crippen LogP contribution in [0.25, 0.3) is 16.9 Å². The number of ether oxygens (including phenoxy) is 2. The third kappa shape index (κ3) is 5.89. The number of hydrogen-bond acceptors (Lipinski definition) is 6. The van der Waals surface area contributed by atoms with Crippen molar-refractivity contribution in [3.63, 3.8) is 0 Å². The third-order valence-corrected chi connectivity index (χ3v) is 5.29. The molecule has 1 aromatic carbocycles. The maximum atomic E-state index is 13.3. The highest BCUT2D eigenvalue weighted by molar-refractivity contribution is 6.01. The minimum Gasteiger partial charge on any atom is -0.474 e. The number of benzene rings is 1. The van der Waals surface area contributed by atoms with Crippen LogP contribution in [0.15, 0.2) is 55.0 Å². The van der Waals surface area contributed by atoms with E-state index in [9.17, 15) is 18.0 Å². The molecule has 4 aromatic rings. The summed E-state index contributed by atoms with van der Waals surface area (Å²) >= 11 is 0. The van der Waals surface area contributed by atoms with Gasteiger partial charge in [0.25, 0.3) is 0 Å². The molecule has 3 aromatic heterocycles. The van der Waals surface area contributed by atoms with Crippen molar-refractivity contribution in [2.75, 3.05) is 31.0 Å². The highest BCUT2D eigenvalue weighted by atomic mass is 19.4. The lowest BCUT2D eigenvalue weighted by atomic mass is 10.1. The summed E-state index contributed by atoms with van der Waals surface area (Å²) in [6.45, 7) is 1.98.